The summed E-state index contributed by atoms with van der Waals surface area (Å²) in [7, 11) is 5.71. The SMILES string of the molecule is [B]C(/C=C\C)=C/C(=C)Cn1cnc(C#N)c1N. The molecule has 0 saturated heterocycles. The number of nitrogens with zero attached hydrogens (tertiary/aromatic N) is 3. The fourth-order valence-corrected chi connectivity index (χ4v) is 1.34. The van der Waals surface area contributed by atoms with Crippen molar-refractivity contribution in [1.82, 2.24) is 9.55 Å². The van der Waals surface area contributed by atoms with Crippen molar-refractivity contribution in [3.8, 4) is 6.07 Å². The molecular formula is C12H13BN4. The molecule has 0 spiro atoms. The molecule has 84 valence electrons. The molecule has 1 rings (SSSR count). The molecule has 0 aliphatic heterocycles. The maximum Gasteiger partial charge on any atom is 0.182 e. The minimum atomic E-state index is 0.225. The quantitative estimate of drug-likeness (QED) is 0.622. The van der Waals surface area contributed by atoms with Gasteiger partial charge in [0.2, 0.25) is 0 Å². The van der Waals surface area contributed by atoms with Gasteiger partial charge in [-0.1, -0.05) is 30.3 Å². The lowest BCUT2D eigenvalue weighted by molar-refractivity contribution is 0.809. The molecule has 0 unspecified atom stereocenters. The molecule has 0 atom stereocenters. The Balaban J connectivity index is 2.79. The molecule has 1 aromatic heterocycles. The summed E-state index contributed by atoms with van der Waals surface area (Å²) in [5.41, 5.74) is 7.36. The molecule has 0 aliphatic rings. The number of nitrogens with two attached hydrogens (primary N) is 1. The minimum absolute atomic E-state index is 0.225. The highest BCUT2D eigenvalue weighted by Gasteiger charge is 2.06. The predicted molar refractivity (Wildman–Crippen MR) is 69.1 cm³/mol. The fourth-order valence-electron chi connectivity index (χ4n) is 1.34. The second kappa shape index (κ2) is 5.76. The summed E-state index contributed by atoms with van der Waals surface area (Å²) >= 11 is 0. The molecule has 2 N–H and O–H groups in total. The molecule has 0 fully saturated rings. The highest BCUT2D eigenvalue weighted by atomic mass is 15.1. The van der Waals surface area contributed by atoms with E-state index in [2.05, 4.69) is 11.6 Å². The number of rotatable bonds is 4. The van der Waals surface area contributed by atoms with E-state index >= 15 is 0 Å². The summed E-state index contributed by atoms with van der Waals surface area (Å²) in [6.07, 6.45) is 6.89. The van der Waals surface area contributed by atoms with Gasteiger partial charge >= 0.3 is 0 Å². The van der Waals surface area contributed by atoms with Crippen molar-refractivity contribution < 1.29 is 0 Å². The van der Waals surface area contributed by atoms with Crippen molar-refractivity contribution in [2.45, 2.75) is 13.5 Å². The van der Waals surface area contributed by atoms with Gasteiger partial charge in [-0.15, -0.1) is 0 Å². The first-order valence-corrected chi connectivity index (χ1v) is 5.06. The Morgan fingerprint density at radius 1 is 1.76 bits per heavy atom. The zero-order valence-electron chi connectivity index (χ0n) is 9.72. The zero-order chi connectivity index (χ0) is 12.8. The number of anilines is 1. The summed E-state index contributed by atoms with van der Waals surface area (Å²) in [5.74, 6) is 0.339. The van der Waals surface area contributed by atoms with Crippen LogP contribution in [0.4, 0.5) is 5.82 Å². The van der Waals surface area contributed by atoms with Crippen molar-refractivity contribution >= 4 is 13.7 Å². The molecule has 1 aromatic rings. The van der Waals surface area contributed by atoms with E-state index in [1.807, 2.05) is 19.1 Å². The summed E-state index contributed by atoms with van der Waals surface area (Å²) in [6, 6.07) is 1.91. The lowest BCUT2D eigenvalue weighted by atomic mass is 9.93. The summed E-state index contributed by atoms with van der Waals surface area (Å²) in [4.78, 5) is 3.87. The number of nitriles is 1. The molecule has 2 radical (unpaired) electrons. The Hall–Kier alpha value is -2.22. The Bertz CT molecular complexity index is 517. The third-order valence-corrected chi connectivity index (χ3v) is 2.09. The van der Waals surface area contributed by atoms with Gasteiger partial charge in [0.05, 0.1) is 6.33 Å². The smallest absolute Gasteiger partial charge is 0.182 e. The Morgan fingerprint density at radius 3 is 3.00 bits per heavy atom. The van der Waals surface area contributed by atoms with Crippen LogP contribution in [0.3, 0.4) is 0 Å². The molecule has 0 aromatic carbocycles. The van der Waals surface area contributed by atoms with E-state index in [0.29, 0.717) is 17.8 Å². The normalized spacial score (nSPS) is 11.6. The second-order valence-electron chi connectivity index (χ2n) is 3.52. The Morgan fingerprint density at radius 2 is 2.47 bits per heavy atom. The molecule has 17 heavy (non-hydrogen) atoms. The first kappa shape index (κ1) is 12.9. The number of aromatic nitrogens is 2. The Kier molecular flexibility index (Phi) is 4.35. The zero-order valence-corrected chi connectivity index (χ0v) is 9.72. The molecule has 0 amide bonds. The third-order valence-electron chi connectivity index (χ3n) is 2.09. The maximum absolute atomic E-state index is 8.71. The average Bonchev–Trinajstić information content (AvgIpc) is 2.60. The van der Waals surface area contributed by atoms with Gasteiger partial charge in [-0.3, -0.25) is 0 Å². The number of nitrogen functional groups attached to an aromatic ring is 1. The predicted octanol–water partition coefficient (Wildman–Crippen LogP) is 1.52. The first-order chi connectivity index (χ1) is 8.08. The van der Waals surface area contributed by atoms with E-state index in [0.717, 1.165) is 5.57 Å². The van der Waals surface area contributed by atoms with E-state index in [4.69, 9.17) is 18.8 Å². The van der Waals surface area contributed by atoms with Gasteiger partial charge in [0.15, 0.2) is 5.69 Å². The van der Waals surface area contributed by atoms with E-state index < -0.39 is 0 Å². The van der Waals surface area contributed by atoms with Gasteiger partial charge in [-0.2, -0.15) is 5.26 Å². The molecule has 0 bridgehead atoms. The van der Waals surface area contributed by atoms with E-state index in [-0.39, 0.29) is 5.69 Å². The molecular weight excluding hydrogens is 211 g/mol. The molecule has 5 heteroatoms. The van der Waals surface area contributed by atoms with E-state index in [9.17, 15) is 0 Å². The number of allylic oxidation sites excluding steroid dienone is 5. The van der Waals surface area contributed by atoms with Crippen LogP contribution >= 0.6 is 0 Å². The Labute approximate surface area is 102 Å². The lowest BCUT2D eigenvalue weighted by Gasteiger charge is -2.05. The number of hydrogen-bond donors (Lipinski definition) is 1. The van der Waals surface area contributed by atoms with Crippen LogP contribution in [0.25, 0.3) is 0 Å². The molecule has 0 aliphatic carbocycles. The topological polar surface area (TPSA) is 67.6 Å². The van der Waals surface area contributed by atoms with Crippen molar-refractivity contribution in [3.05, 3.63) is 47.9 Å². The summed E-state index contributed by atoms with van der Waals surface area (Å²) in [6.45, 7) is 6.21. The highest BCUT2D eigenvalue weighted by molar-refractivity contribution is 6.23. The van der Waals surface area contributed by atoms with Crippen molar-refractivity contribution in [2.24, 2.45) is 0 Å². The second-order valence-corrected chi connectivity index (χ2v) is 3.52. The van der Waals surface area contributed by atoms with Crippen LogP contribution in [0, 0.1) is 11.3 Å². The van der Waals surface area contributed by atoms with Crippen molar-refractivity contribution in [3.63, 3.8) is 0 Å². The average molecular weight is 224 g/mol. The summed E-state index contributed by atoms with van der Waals surface area (Å²) < 4.78 is 1.65. The van der Waals surface area contributed by atoms with Crippen LogP contribution in [0.2, 0.25) is 0 Å². The van der Waals surface area contributed by atoms with E-state index in [1.165, 1.54) is 6.33 Å². The minimum Gasteiger partial charge on any atom is -0.383 e. The largest absolute Gasteiger partial charge is 0.383 e. The molecule has 0 saturated carbocycles. The number of hydrogen-bond acceptors (Lipinski definition) is 3. The highest BCUT2D eigenvalue weighted by Crippen LogP contribution is 2.11. The standard InChI is InChI=1S/C12H13BN4/c1-3-4-10(13)5-9(2)7-17-8-16-11(6-14)12(17)15/h3-5,8H,2,7,15H2,1H3/b4-3-,10-5+. The van der Waals surface area contributed by atoms with Crippen molar-refractivity contribution in [1.29, 1.82) is 5.26 Å². The van der Waals surface area contributed by atoms with Gasteiger partial charge in [0.1, 0.15) is 19.7 Å². The van der Waals surface area contributed by atoms with Gasteiger partial charge < -0.3 is 10.3 Å². The van der Waals surface area contributed by atoms with Crippen LogP contribution in [0.15, 0.2) is 42.2 Å². The van der Waals surface area contributed by atoms with Crippen LogP contribution in [0.1, 0.15) is 12.6 Å². The van der Waals surface area contributed by atoms with Gasteiger partial charge in [0, 0.05) is 6.54 Å². The van der Waals surface area contributed by atoms with Gasteiger partial charge in [-0.05, 0) is 12.5 Å². The molecule has 1 heterocycles. The van der Waals surface area contributed by atoms with Crippen LogP contribution < -0.4 is 5.73 Å². The number of imidazole rings is 1. The summed E-state index contributed by atoms with van der Waals surface area (Å²) in [5, 5.41) is 8.71. The van der Waals surface area contributed by atoms with Crippen LogP contribution in [-0.2, 0) is 6.54 Å². The van der Waals surface area contributed by atoms with E-state index in [1.54, 1.807) is 16.7 Å². The van der Waals surface area contributed by atoms with Gasteiger partial charge in [-0.25, -0.2) is 4.98 Å². The molecule has 4 nitrogen and oxygen atoms in total. The monoisotopic (exact) mass is 224 g/mol. The van der Waals surface area contributed by atoms with Crippen LogP contribution in [0.5, 0.6) is 0 Å². The lowest BCUT2D eigenvalue weighted by Crippen LogP contribution is -2.03. The third kappa shape index (κ3) is 3.38. The first-order valence-electron chi connectivity index (χ1n) is 5.06. The van der Waals surface area contributed by atoms with Crippen LogP contribution in [-0.4, -0.2) is 17.4 Å². The maximum atomic E-state index is 8.71. The van der Waals surface area contributed by atoms with Gasteiger partial charge in [0.25, 0.3) is 0 Å². The fraction of sp³-hybridized carbons (Fsp3) is 0.167. The van der Waals surface area contributed by atoms with Crippen molar-refractivity contribution in [2.75, 3.05) is 5.73 Å².